The van der Waals surface area contributed by atoms with Crippen molar-refractivity contribution in [3.05, 3.63) is 71.0 Å². The second-order valence-electron chi connectivity index (χ2n) is 6.15. The normalized spacial score (nSPS) is 19.6. The van der Waals surface area contributed by atoms with Crippen LogP contribution in [0, 0.1) is 12.7 Å². The standard InChI is InChI=1S/C18H18FN5/c1-11-3-2-4-13(9-11)16-10-15(12-5-7-14(19)8-6-12)21-18-22-17(20)23-24(16)18/h2-9,15-16H,10H2,1H3,(H3,20,21,22,23)/t15-,16+/m1/s1. The van der Waals surface area contributed by atoms with E-state index in [-0.39, 0.29) is 23.8 Å². The van der Waals surface area contributed by atoms with Gasteiger partial charge in [0.05, 0.1) is 12.1 Å². The van der Waals surface area contributed by atoms with Gasteiger partial charge in [0.25, 0.3) is 0 Å². The van der Waals surface area contributed by atoms with Gasteiger partial charge in [-0.2, -0.15) is 4.98 Å². The van der Waals surface area contributed by atoms with Gasteiger partial charge >= 0.3 is 0 Å². The number of nitrogens with one attached hydrogen (secondary N) is 1. The van der Waals surface area contributed by atoms with Gasteiger partial charge in [-0.3, -0.25) is 0 Å². The molecule has 2 aromatic carbocycles. The van der Waals surface area contributed by atoms with Crippen molar-refractivity contribution in [3.8, 4) is 0 Å². The van der Waals surface area contributed by atoms with Crippen molar-refractivity contribution in [1.29, 1.82) is 0 Å². The van der Waals surface area contributed by atoms with Crippen LogP contribution in [-0.2, 0) is 0 Å². The summed E-state index contributed by atoms with van der Waals surface area (Å²) < 4.78 is 15.1. The molecule has 2 heterocycles. The first-order valence-corrected chi connectivity index (χ1v) is 7.91. The van der Waals surface area contributed by atoms with Gasteiger partial charge in [0.1, 0.15) is 5.82 Å². The van der Waals surface area contributed by atoms with Crippen molar-refractivity contribution in [2.45, 2.75) is 25.4 Å². The lowest BCUT2D eigenvalue weighted by Gasteiger charge is -2.31. The molecule has 0 bridgehead atoms. The van der Waals surface area contributed by atoms with Crippen molar-refractivity contribution in [3.63, 3.8) is 0 Å². The third-order valence-corrected chi connectivity index (χ3v) is 4.40. The molecular formula is C18H18FN5. The van der Waals surface area contributed by atoms with Crippen molar-refractivity contribution in [2.75, 3.05) is 11.1 Å². The number of aryl methyl sites for hydroxylation is 1. The van der Waals surface area contributed by atoms with E-state index in [1.165, 1.54) is 17.7 Å². The lowest BCUT2D eigenvalue weighted by Crippen LogP contribution is -2.28. The van der Waals surface area contributed by atoms with E-state index < -0.39 is 0 Å². The minimum absolute atomic E-state index is 0.0206. The van der Waals surface area contributed by atoms with E-state index in [1.54, 1.807) is 12.1 Å². The molecule has 3 N–H and O–H groups in total. The summed E-state index contributed by atoms with van der Waals surface area (Å²) in [5.74, 6) is 0.645. The number of aromatic nitrogens is 3. The zero-order valence-corrected chi connectivity index (χ0v) is 13.3. The number of fused-ring (bicyclic) bond motifs is 1. The maximum atomic E-state index is 13.2. The average Bonchev–Trinajstić information content (AvgIpc) is 2.94. The lowest BCUT2D eigenvalue weighted by atomic mass is 9.93. The molecule has 0 spiro atoms. The molecule has 1 aliphatic heterocycles. The van der Waals surface area contributed by atoms with Crippen LogP contribution >= 0.6 is 0 Å². The lowest BCUT2D eigenvalue weighted by molar-refractivity contribution is 0.431. The fourth-order valence-corrected chi connectivity index (χ4v) is 3.26. The van der Waals surface area contributed by atoms with Crippen LogP contribution in [0.3, 0.4) is 0 Å². The Balaban J connectivity index is 1.76. The molecule has 4 rings (SSSR count). The highest BCUT2D eigenvalue weighted by Crippen LogP contribution is 2.38. The van der Waals surface area contributed by atoms with Crippen LogP contribution < -0.4 is 11.1 Å². The third kappa shape index (κ3) is 2.60. The number of nitrogens with zero attached hydrogens (tertiary/aromatic N) is 3. The average molecular weight is 323 g/mol. The van der Waals surface area contributed by atoms with E-state index >= 15 is 0 Å². The molecule has 5 nitrogen and oxygen atoms in total. The van der Waals surface area contributed by atoms with Crippen LogP contribution in [0.4, 0.5) is 16.3 Å². The Kier molecular flexibility index (Phi) is 3.45. The topological polar surface area (TPSA) is 68.8 Å². The summed E-state index contributed by atoms with van der Waals surface area (Å²) in [7, 11) is 0. The summed E-state index contributed by atoms with van der Waals surface area (Å²) >= 11 is 0. The number of hydrogen-bond donors (Lipinski definition) is 2. The molecule has 6 heteroatoms. The number of rotatable bonds is 2. The van der Waals surface area contributed by atoms with Crippen LogP contribution in [-0.4, -0.2) is 14.8 Å². The van der Waals surface area contributed by atoms with Crippen molar-refractivity contribution in [2.24, 2.45) is 0 Å². The molecule has 3 aromatic rings. The first kappa shape index (κ1) is 14.7. The molecule has 0 fully saturated rings. The number of anilines is 2. The van der Waals surface area contributed by atoms with Crippen LogP contribution in [0.2, 0.25) is 0 Å². The molecule has 0 saturated carbocycles. The fourth-order valence-electron chi connectivity index (χ4n) is 3.26. The van der Waals surface area contributed by atoms with Gasteiger partial charge in [0.2, 0.25) is 11.9 Å². The Hall–Kier alpha value is -2.89. The Morgan fingerprint density at radius 2 is 1.96 bits per heavy atom. The summed E-state index contributed by atoms with van der Waals surface area (Å²) in [5.41, 5.74) is 9.17. The zero-order valence-electron chi connectivity index (χ0n) is 13.3. The minimum atomic E-state index is -0.239. The monoisotopic (exact) mass is 323 g/mol. The smallest absolute Gasteiger partial charge is 0.241 e. The van der Waals surface area contributed by atoms with E-state index in [2.05, 4.69) is 40.5 Å². The van der Waals surface area contributed by atoms with Gasteiger partial charge in [-0.05, 0) is 36.6 Å². The second-order valence-corrected chi connectivity index (χ2v) is 6.15. The van der Waals surface area contributed by atoms with Crippen LogP contribution in [0.15, 0.2) is 48.5 Å². The van der Waals surface area contributed by atoms with E-state index in [0.717, 1.165) is 17.5 Å². The Morgan fingerprint density at radius 1 is 1.17 bits per heavy atom. The molecule has 0 amide bonds. The molecule has 2 atom stereocenters. The van der Waals surface area contributed by atoms with Crippen molar-refractivity contribution in [1.82, 2.24) is 14.8 Å². The third-order valence-electron chi connectivity index (χ3n) is 4.40. The summed E-state index contributed by atoms with van der Waals surface area (Å²) in [6.45, 7) is 2.07. The molecule has 0 radical (unpaired) electrons. The van der Waals surface area contributed by atoms with Gasteiger partial charge in [0.15, 0.2) is 0 Å². The first-order chi connectivity index (χ1) is 11.6. The summed E-state index contributed by atoms with van der Waals surface area (Å²) in [4.78, 5) is 4.29. The molecule has 122 valence electrons. The summed E-state index contributed by atoms with van der Waals surface area (Å²) in [6.07, 6.45) is 0.783. The number of nitrogen functional groups attached to an aromatic ring is 1. The van der Waals surface area contributed by atoms with E-state index in [1.807, 2.05) is 10.7 Å². The van der Waals surface area contributed by atoms with Gasteiger partial charge < -0.3 is 11.1 Å². The predicted molar refractivity (Wildman–Crippen MR) is 91.1 cm³/mol. The van der Waals surface area contributed by atoms with E-state index in [4.69, 9.17) is 5.73 Å². The van der Waals surface area contributed by atoms with E-state index in [9.17, 15) is 4.39 Å². The molecule has 0 aliphatic carbocycles. The molecule has 1 aromatic heterocycles. The van der Waals surface area contributed by atoms with Gasteiger partial charge in [0, 0.05) is 0 Å². The van der Waals surface area contributed by atoms with Crippen LogP contribution in [0.1, 0.15) is 35.2 Å². The van der Waals surface area contributed by atoms with Gasteiger partial charge in [-0.25, -0.2) is 9.07 Å². The first-order valence-electron chi connectivity index (χ1n) is 7.91. The highest BCUT2D eigenvalue weighted by atomic mass is 19.1. The van der Waals surface area contributed by atoms with Crippen LogP contribution in [0.5, 0.6) is 0 Å². The van der Waals surface area contributed by atoms with E-state index in [0.29, 0.717) is 5.95 Å². The summed E-state index contributed by atoms with van der Waals surface area (Å²) in [5, 5.41) is 7.70. The summed E-state index contributed by atoms with van der Waals surface area (Å²) in [6, 6.07) is 15.0. The zero-order chi connectivity index (χ0) is 16.7. The van der Waals surface area contributed by atoms with Crippen molar-refractivity contribution >= 4 is 11.9 Å². The maximum Gasteiger partial charge on any atom is 0.241 e. The number of halogens is 1. The van der Waals surface area contributed by atoms with Crippen LogP contribution in [0.25, 0.3) is 0 Å². The Morgan fingerprint density at radius 3 is 2.71 bits per heavy atom. The SMILES string of the molecule is Cc1cccc([C@@H]2C[C@H](c3ccc(F)cc3)Nc3nc(N)nn32)c1. The number of nitrogens with two attached hydrogens (primary N) is 1. The highest BCUT2D eigenvalue weighted by Gasteiger charge is 2.30. The highest BCUT2D eigenvalue weighted by molar-refractivity contribution is 5.42. The maximum absolute atomic E-state index is 13.2. The van der Waals surface area contributed by atoms with Gasteiger partial charge in [-0.15, -0.1) is 5.10 Å². The minimum Gasteiger partial charge on any atom is -0.366 e. The van der Waals surface area contributed by atoms with Gasteiger partial charge in [-0.1, -0.05) is 42.0 Å². The Labute approximate surface area is 139 Å². The fraction of sp³-hybridized carbons (Fsp3) is 0.222. The molecular weight excluding hydrogens is 305 g/mol. The van der Waals surface area contributed by atoms with Crippen molar-refractivity contribution < 1.29 is 4.39 Å². The number of hydrogen-bond acceptors (Lipinski definition) is 4. The number of benzene rings is 2. The largest absolute Gasteiger partial charge is 0.366 e. The quantitative estimate of drug-likeness (QED) is 0.758. The molecule has 24 heavy (non-hydrogen) atoms. The molecule has 0 unspecified atom stereocenters. The molecule has 0 saturated heterocycles. The second kappa shape index (κ2) is 5.63. The molecule has 1 aliphatic rings. The Bertz CT molecular complexity index is 871. The predicted octanol–water partition coefficient (Wildman–Crippen LogP) is 3.45.